The lowest BCUT2D eigenvalue weighted by Crippen LogP contribution is -1.83. The van der Waals surface area contributed by atoms with Crippen molar-refractivity contribution in [2.75, 3.05) is 0 Å². The van der Waals surface area contributed by atoms with Crippen molar-refractivity contribution in [3.05, 3.63) is 199 Å². The van der Waals surface area contributed by atoms with Crippen LogP contribution in [0, 0.1) is 13.8 Å². The molecule has 8 rings (SSSR count). The summed E-state index contributed by atoms with van der Waals surface area (Å²) in [5.41, 5.74) is 5.56. The number of benzene rings is 6. The van der Waals surface area contributed by atoms with E-state index >= 15 is 0 Å². The molecule has 0 bridgehead atoms. The van der Waals surface area contributed by atoms with E-state index in [2.05, 4.69) is 150 Å². The molecule has 51 heavy (non-hydrogen) atoms. The number of hydrogen-bond acceptors (Lipinski definition) is 3. The molecule has 0 spiro atoms. The SMILES string of the molecule is Brc1c(/C=C/c2ccncc2)ccc2ccccc12.Cc1ccc2ccccc2c1Br.Cc1ccncc1.O=Cc1ccc2ccccc2c1Br. The summed E-state index contributed by atoms with van der Waals surface area (Å²) in [6, 6.07) is 44.9. The van der Waals surface area contributed by atoms with Crippen molar-refractivity contribution in [3.63, 3.8) is 0 Å². The van der Waals surface area contributed by atoms with Crippen LogP contribution in [0.1, 0.15) is 32.6 Å². The standard InChI is InChI=1S/C17H12BrN.C11H7BrO.C11H9Br.C6H7N/c18-17-15(6-5-13-9-11-19-12-10-13)8-7-14-3-1-2-4-16(14)17;12-11-9(7-13)6-5-8-3-1-2-4-10(8)11;1-8-6-7-9-4-2-3-5-10(9)11(8)12;1-6-2-4-7-5-3-6/h1-12H;1-7H;2-7H,1H3;2-5H,1H3/b6-5+;;;. The van der Waals surface area contributed by atoms with E-state index in [1.165, 1.54) is 42.7 Å². The van der Waals surface area contributed by atoms with Gasteiger partial charge in [-0.25, -0.2) is 0 Å². The highest BCUT2D eigenvalue weighted by molar-refractivity contribution is 9.11. The van der Waals surface area contributed by atoms with E-state index < -0.39 is 0 Å². The Morgan fingerprint density at radius 3 is 1.37 bits per heavy atom. The van der Waals surface area contributed by atoms with Gasteiger partial charge in [0, 0.05) is 43.8 Å². The quantitative estimate of drug-likeness (QED) is 0.166. The molecule has 6 aromatic carbocycles. The molecule has 2 aromatic heterocycles. The van der Waals surface area contributed by atoms with Crippen molar-refractivity contribution >= 4 is 98.5 Å². The molecule has 0 saturated carbocycles. The zero-order valence-electron chi connectivity index (χ0n) is 28.2. The summed E-state index contributed by atoms with van der Waals surface area (Å²) in [6.45, 7) is 4.15. The number of rotatable bonds is 3. The average molecular weight is 860 g/mol. The lowest BCUT2D eigenvalue weighted by Gasteiger charge is -2.04. The minimum absolute atomic E-state index is 0.693. The predicted molar refractivity (Wildman–Crippen MR) is 227 cm³/mol. The van der Waals surface area contributed by atoms with Gasteiger partial charge in [-0.05, 0) is 147 Å². The van der Waals surface area contributed by atoms with Gasteiger partial charge >= 0.3 is 0 Å². The van der Waals surface area contributed by atoms with E-state index in [4.69, 9.17) is 0 Å². The van der Waals surface area contributed by atoms with Crippen molar-refractivity contribution in [2.24, 2.45) is 0 Å². The molecule has 0 aliphatic carbocycles. The second-order valence-electron chi connectivity index (χ2n) is 11.6. The number of pyridine rings is 2. The Labute approximate surface area is 324 Å². The fourth-order valence-corrected chi connectivity index (χ4v) is 6.86. The molecular weight excluding hydrogens is 824 g/mol. The first kappa shape index (κ1) is 37.5. The van der Waals surface area contributed by atoms with Crippen LogP contribution >= 0.6 is 47.8 Å². The summed E-state index contributed by atoms with van der Waals surface area (Å²) in [6.07, 6.45) is 12.2. The van der Waals surface area contributed by atoms with E-state index in [1.54, 1.807) is 24.8 Å². The number of fused-ring (bicyclic) bond motifs is 3. The number of aldehydes is 1. The molecular formula is C45H35Br3N2O. The first-order valence-corrected chi connectivity index (χ1v) is 18.6. The second kappa shape index (κ2) is 19.0. The number of carbonyl (C=O) groups excluding carboxylic acids is 1. The van der Waals surface area contributed by atoms with Crippen molar-refractivity contribution in [1.29, 1.82) is 0 Å². The Bertz CT molecular complexity index is 2390. The van der Waals surface area contributed by atoms with Crippen molar-refractivity contribution in [3.8, 4) is 0 Å². The Kier molecular flexibility index (Phi) is 14.0. The smallest absolute Gasteiger partial charge is 0.151 e. The van der Waals surface area contributed by atoms with E-state index in [0.29, 0.717) is 5.56 Å². The Balaban J connectivity index is 0.000000139. The molecule has 2 heterocycles. The highest BCUT2D eigenvalue weighted by atomic mass is 79.9. The monoisotopic (exact) mass is 856 g/mol. The van der Waals surface area contributed by atoms with Crippen LogP contribution in [0.2, 0.25) is 0 Å². The first-order chi connectivity index (χ1) is 24.9. The third-order valence-corrected chi connectivity index (χ3v) is 10.8. The number of nitrogens with zero attached hydrogens (tertiary/aromatic N) is 2. The predicted octanol–water partition coefficient (Wildman–Crippen LogP) is 13.9. The topological polar surface area (TPSA) is 42.9 Å². The first-order valence-electron chi connectivity index (χ1n) is 16.2. The molecule has 6 heteroatoms. The molecule has 0 amide bonds. The number of aryl methyl sites for hydroxylation is 2. The maximum Gasteiger partial charge on any atom is 0.151 e. The average Bonchev–Trinajstić information content (AvgIpc) is 3.18. The highest BCUT2D eigenvalue weighted by Gasteiger charge is 2.03. The van der Waals surface area contributed by atoms with E-state index in [0.717, 1.165) is 31.6 Å². The maximum atomic E-state index is 10.6. The number of carbonyl (C=O) groups is 1. The Morgan fingerprint density at radius 2 is 0.882 bits per heavy atom. The minimum Gasteiger partial charge on any atom is -0.298 e. The van der Waals surface area contributed by atoms with Gasteiger partial charge in [0.15, 0.2) is 6.29 Å². The maximum absolute atomic E-state index is 10.6. The van der Waals surface area contributed by atoms with E-state index in [1.807, 2.05) is 67.6 Å². The van der Waals surface area contributed by atoms with Crippen LogP contribution in [0.5, 0.6) is 0 Å². The minimum atomic E-state index is 0.693. The molecule has 0 saturated heterocycles. The Morgan fingerprint density at radius 1 is 0.451 bits per heavy atom. The van der Waals surface area contributed by atoms with Gasteiger partial charge in [-0.15, -0.1) is 0 Å². The van der Waals surface area contributed by atoms with Crippen LogP contribution in [0.25, 0.3) is 44.5 Å². The van der Waals surface area contributed by atoms with Crippen LogP contribution in [0.3, 0.4) is 0 Å². The van der Waals surface area contributed by atoms with Gasteiger partial charge in [0.2, 0.25) is 0 Å². The summed E-state index contributed by atoms with van der Waals surface area (Å²) >= 11 is 10.7. The molecule has 0 fully saturated rings. The fraction of sp³-hybridized carbons (Fsp3) is 0.0444. The molecule has 252 valence electrons. The molecule has 0 aliphatic rings. The second-order valence-corrected chi connectivity index (χ2v) is 13.9. The number of hydrogen-bond donors (Lipinski definition) is 0. The van der Waals surface area contributed by atoms with Crippen LogP contribution in [0.15, 0.2) is 172 Å². The van der Waals surface area contributed by atoms with Crippen LogP contribution in [0.4, 0.5) is 0 Å². The third-order valence-electron chi connectivity index (χ3n) is 7.98. The molecule has 3 nitrogen and oxygen atoms in total. The summed E-state index contributed by atoms with van der Waals surface area (Å²) in [4.78, 5) is 18.5. The molecule has 0 N–H and O–H groups in total. The molecule has 0 aliphatic heterocycles. The van der Waals surface area contributed by atoms with Crippen LogP contribution in [-0.4, -0.2) is 16.3 Å². The van der Waals surface area contributed by atoms with Gasteiger partial charge in [0.25, 0.3) is 0 Å². The molecule has 0 radical (unpaired) electrons. The lowest BCUT2D eigenvalue weighted by molar-refractivity contribution is 0.112. The Hall–Kier alpha value is -4.75. The molecule has 8 aromatic rings. The number of halogens is 3. The normalized spacial score (nSPS) is 10.5. The fourth-order valence-electron chi connectivity index (χ4n) is 5.15. The molecule has 0 atom stereocenters. The summed E-state index contributed by atoms with van der Waals surface area (Å²) in [7, 11) is 0. The summed E-state index contributed by atoms with van der Waals surface area (Å²) in [5, 5.41) is 7.27. The number of aromatic nitrogens is 2. The largest absolute Gasteiger partial charge is 0.298 e. The van der Waals surface area contributed by atoms with Gasteiger partial charge < -0.3 is 0 Å². The van der Waals surface area contributed by atoms with Gasteiger partial charge in [-0.1, -0.05) is 115 Å². The van der Waals surface area contributed by atoms with Gasteiger partial charge in [-0.2, -0.15) is 0 Å². The van der Waals surface area contributed by atoms with E-state index in [9.17, 15) is 4.79 Å². The van der Waals surface area contributed by atoms with Crippen LogP contribution < -0.4 is 0 Å². The van der Waals surface area contributed by atoms with Crippen molar-refractivity contribution in [1.82, 2.24) is 9.97 Å². The van der Waals surface area contributed by atoms with Gasteiger partial charge in [0.1, 0.15) is 0 Å². The molecule has 0 unspecified atom stereocenters. The zero-order chi connectivity index (χ0) is 36.0. The lowest BCUT2D eigenvalue weighted by atomic mass is 10.1. The van der Waals surface area contributed by atoms with E-state index in [-0.39, 0.29) is 0 Å². The zero-order valence-corrected chi connectivity index (χ0v) is 32.9. The highest BCUT2D eigenvalue weighted by Crippen LogP contribution is 2.30. The van der Waals surface area contributed by atoms with Crippen molar-refractivity contribution < 1.29 is 4.79 Å². The summed E-state index contributed by atoms with van der Waals surface area (Å²) < 4.78 is 3.22. The third kappa shape index (κ3) is 10.4. The van der Waals surface area contributed by atoms with Crippen LogP contribution in [-0.2, 0) is 0 Å². The van der Waals surface area contributed by atoms with Gasteiger partial charge in [0.05, 0.1) is 0 Å². The van der Waals surface area contributed by atoms with Crippen molar-refractivity contribution in [2.45, 2.75) is 13.8 Å². The summed E-state index contributed by atoms with van der Waals surface area (Å²) in [5.74, 6) is 0. The van der Waals surface area contributed by atoms with Gasteiger partial charge in [-0.3, -0.25) is 14.8 Å².